The van der Waals surface area contributed by atoms with E-state index in [1.807, 2.05) is 0 Å². The van der Waals surface area contributed by atoms with Gasteiger partial charge in [0.2, 0.25) is 0 Å². The third-order valence-electron chi connectivity index (χ3n) is 2.22. The second-order valence-corrected chi connectivity index (χ2v) is 3.30. The minimum absolute atomic E-state index is 0. The van der Waals surface area contributed by atoms with Crippen molar-refractivity contribution in [3.05, 3.63) is 42.1 Å². The number of carbonyl (C=O) groups is 1. The Kier molecular flexibility index (Phi) is 4.42. The van der Waals surface area contributed by atoms with Gasteiger partial charge >= 0.3 is 18.9 Å². The molecule has 0 spiro atoms. The van der Waals surface area contributed by atoms with Crippen molar-refractivity contribution in [2.45, 2.75) is 0 Å². The van der Waals surface area contributed by atoms with E-state index in [2.05, 4.69) is 9.97 Å². The van der Waals surface area contributed by atoms with E-state index in [1.165, 1.54) is 18.6 Å². The molecule has 2 rings (SSSR count). The molecular formula is C11H7FLiN3O2. The molecule has 0 saturated carbocycles. The molecule has 0 aliphatic carbocycles. The smallest absolute Gasteiger partial charge is 0.545 e. The minimum Gasteiger partial charge on any atom is -0.545 e. The first-order chi connectivity index (χ1) is 8.09. The van der Waals surface area contributed by atoms with Crippen LogP contribution in [-0.2, 0) is 0 Å². The van der Waals surface area contributed by atoms with Crippen molar-refractivity contribution in [2.24, 2.45) is 0 Å². The first-order valence-corrected chi connectivity index (χ1v) is 4.66. The fourth-order valence-corrected chi connectivity index (χ4v) is 1.41. The molecule has 0 atom stereocenters. The van der Waals surface area contributed by atoms with Gasteiger partial charge < -0.3 is 15.6 Å². The zero-order valence-electron chi connectivity index (χ0n) is 9.55. The quantitative estimate of drug-likeness (QED) is 0.452. The van der Waals surface area contributed by atoms with Crippen molar-refractivity contribution in [1.82, 2.24) is 9.97 Å². The minimum atomic E-state index is -1.46. The van der Waals surface area contributed by atoms with E-state index in [9.17, 15) is 14.3 Å². The number of nitrogens with two attached hydrogens (primary N) is 1. The van der Waals surface area contributed by atoms with Crippen molar-refractivity contribution < 1.29 is 33.2 Å². The molecule has 0 amide bonds. The number of carbonyl (C=O) groups excluding carboxylic acids is 1. The van der Waals surface area contributed by atoms with Gasteiger partial charge in [-0.05, 0) is 18.2 Å². The monoisotopic (exact) mass is 239 g/mol. The van der Waals surface area contributed by atoms with Crippen molar-refractivity contribution in [3.63, 3.8) is 0 Å². The number of nitrogen functional groups attached to an aromatic ring is 1. The molecule has 0 bridgehead atoms. The maximum Gasteiger partial charge on any atom is 1.00 e. The van der Waals surface area contributed by atoms with E-state index < -0.39 is 11.8 Å². The molecule has 0 unspecified atom stereocenters. The average Bonchev–Trinajstić information content (AvgIpc) is 2.29. The summed E-state index contributed by atoms with van der Waals surface area (Å²) in [7, 11) is 0. The van der Waals surface area contributed by atoms with Gasteiger partial charge in [-0.15, -0.1) is 0 Å². The number of carboxylic acid groups (broad SMARTS) is 1. The average molecular weight is 239 g/mol. The maximum absolute atomic E-state index is 13.6. The zero-order chi connectivity index (χ0) is 12.4. The first-order valence-electron chi connectivity index (χ1n) is 4.66. The Labute approximate surface area is 114 Å². The van der Waals surface area contributed by atoms with Crippen LogP contribution in [0.25, 0.3) is 11.3 Å². The summed E-state index contributed by atoms with van der Waals surface area (Å²) >= 11 is 0. The van der Waals surface area contributed by atoms with Crippen molar-refractivity contribution in [2.75, 3.05) is 5.73 Å². The molecule has 18 heavy (non-hydrogen) atoms. The van der Waals surface area contributed by atoms with Crippen LogP contribution >= 0.6 is 0 Å². The summed E-state index contributed by atoms with van der Waals surface area (Å²) in [5.41, 5.74) is 5.25. The fraction of sp³-hybridized carbons (Fsp3) is 0. The van der Waals surface area contributed by atoms with Gasteiger partial charge in [-0.3, -0.25) is 0 Å². The van der Waals surface area contributed by atoms with Crippen LogP contribution in [-0.4, -0.2) is 15.9 Å². The number of aromatic nitrogens is 2. The van der Waals surface area contributed by atoms with Crippen molar-refractivity contribution in [3.8, 4) is 11.3 Å². The Morgan fingerprint density at radius 1 is 1.39 bits per heavy atom. The number of rotatable bonds is 2. The summed E-state index contributed by atoms with van der Waals surface area (Å²) in [6, 6.07) is 3.50. The van der Waals surface area contributed by atoms with Crippen LogP contribution in [0.4, 0.5) is 10.1 Å². The molecular weight excluding hydrogens is 232 g/mol. The van der Waals surface area contributed by atoms with E-state index in [-0.39, 0.29) is 41.4 Å². The Morgan fingerprint density at radius 3 is 2.67 bits per heavy atom. The molecule has 86 valence electrons. The van der Waals surface area contributed by atoms with Crippen LogP contribution in [0.1, 0.15) is 10.4 Å². The molecule has 0 aliphatic rings. The Balaban J connectivity index is 0.00000162. The summed E-state index contributed by atoms with van der Waals surface area (Å²) in [5, 5.41) is 10.8. The van der Waals surface area contributed by atoms with Crippen LogP contribution in [0.15, 0.2) is 30.7 Å². The number of hydrogen-bond acceptors (Lipinski definition) is 5. The second-order valence-electron chi connectivity index (χ2n) is 3.30. The van der Waals surface area contributed by atoms with Gasteiger partial charge in [-0.1, -0.05) is 0 Å². The second kappa shape index (κ2) is 5.62. The summed E-state index contributed by atoms with van der Waals surface area (Å²) < 4.78 is 13.6. The van der Waals surface area contributed by atoms with E-state index >= 15 is 0 Å². The maximum atomic E-state index is 13.6. The summed E-state index contributed by atoms with van der Waals surface area (Å²) in [4.78, 5) is 18.3. The summed E-state index contributed by atoms with van der Waals surface area (Å²) in [5.74, 6) is -2.11. The molecule has 2 N–H and O–H groups in total. The van der Waals surface area contributed by atoms with Crippen LogP contribution < -0.4 is 29.7 Å². The topological polar surface area (TPSA) is 91.9 Å². The van der Waals surface area contributed by atoms with Gasteiger partial charge in [0.25, 0.3) is 0 Å². The molecule has 0 aliphatic heterocycles. The zero-order valence-corrected chi connectivity index (χ0v) is 9.55. The van der Waals surface area contributed by atoms with Crippen LogP contribution in [0.2, 0.25) is 0 Å². The third-order valence-corrected chi connectivity index (χ3v) is 2.22. The Morgan fingerprint density at radius 2 is 2.11 bits per heavy atom. The van der Waals surface area contributed by atoms with E-state index in [4.69, 9.17) is 5.73 Å². The molecule has 1 aromatic carbocycles. The van der Waals surface area contributed by atoms with Crippen LogP contribution in [0.5, 0.6) is 0 Å². The van der Waals surface area contributed by atoms with E-state index in [0.29, 0.717) is 0 Å². The van der Waals surface area contributed by atoms with Crippen molar-refractivity contribution in [1.29, 1.82) is 0 Å². The van der Waals surface area contributed by atoms with Crippen molar-refractivity contribution >= 4 is 11.7 Å². The number of carboxylic acids is 1. The van der Waals surface area contributed by atoms with Gasteiger partial charge in [-0.2, -0.15) is 0 Å². The van der Waals surface area contributed by atoms with Gasteiger partial charge in [0.15, 0.2) is 0 Å². The largest absolute Gasteiger partial charge is 1.00 e. The molecule has 0 fully saturated rings. The normalized spacial score (nSPS) is 9.61. The van der Waals surface area contributed by atoms with E-state index in [1.54, 1.807) is 0 Å². The predicted molar refractivity (Wildman–Crippen MR) is 56.2 cm³/mol. The van der Waals surface area contributed by atoms with Gasteiger partial charge in [0, 0.05) is 23.0 Å². The summed E-state index contributed by atoms with van der Waals surface area (Å²) in [6.45, 7) is 0. The molecule has 7 heteroatoms. The third kappa shape index (κ3) is 2.67. The number of anilines is 1. The fourth-order valence-electron chi connectivity index (χ4n) is 1.41. The number of halogens is 1. The Hall–Kier alpha value is -1.90. The number of hydrogen-bond donors (Lipinski definition) is 1. The number of benzene rings is 1. The van der Waals surface area contributed by atoms with Gasteiger partial charge in [0.05, 0.1) is 11.7 Å². The molecule has 1 heterocycles. The molecule has 0 radical (unpaired) electrons. The predicted octanol–water partition coefficient (Wildman–Crippen LogP) is -2.77. The van der Waals surface area contributed by atoms with Crippen LogP contribution in [0, 0.1) is 5.82 Å². The first kappa shape index (κ1) is 14.2. The van der Waals surface area contributed by atoms with Gasteiger partial charge in [-0.25, -0.2) is 14.4 Å². The molecule has 2 aromatic rings. The van der Waals surface area contributed by atoms with Gasteiger partial charge in [0.1, 0.15) is 12.1 Å². The van der Waals surface area contributed by atoms with E-state index in [0.717, 1.165) is 12.1 Å². The van der Waals surface area contributed by atoms with Crippen LogP contribution in [0.3, 0.4) is 0 Å². The number of nitrogens with zero attached hydrogens (tertiary/aromatic N) is 2. The molecule has 1 aromatic heterocycles. The SMILES string of the molecule is Nc1cc(F)c(-c2ccncn2)cc1C(=O)[O-].[Li+]. The Bertz CT molecular complexity index is 578. The number of aromatic carboxylic acids is 1. The summed E-state index contributed by atoms with van der Waals surface area (Å²) in [6.07, 6.45) is 2.67. The molecule has 0 saturated heterocycles. The molecule has 5 nitrogen and oxygen atoms in total. The standard InChI is InChI=1S/C11H8FN3O2.Li/c12-8-4-9(13)7(11(16)17)3-6(8)10-1-2-14-5-15-10;/h1-5H,13H2,(H,16,17);/q;+1/p-1.